The molecular weight excluding hydrogens is 344 g/mol. The molecule has 0 aliphatic carbocycles. The maximum atomic E-state index is 3.23. The van der Waals surface area contributed by atoms with E-state index in [0.29, 0.717) is 0 Å². The van der Waals surface area contributed by atoms with Gasteiger partial charge in [-0.15, -0.1) is 0 Å². The van der Waals surface area contributed by atoms with Crippen molar-refractivity contribution < 1.29 is 0 Å². The summed E-state index contributed by atoms with van der Waals surface area (Å²) in [5, 5.41) is 0. The molecule has 0 N–H and O–H groups in total. The molecule has 0 spiro atoms. The molecule has 0 aromatic heterocycles. The van der Waals surface area contributed by atoms with E-state index < -0.39 is 0 Å². The average molecular weight is 367 g/mol. The SMILES string of the molecule is CCCCCCCCC#C/C=C\c1ccccc1[Te]. The van der Waals surface area contributed by atoms with Crippen LogP contribution in [0.15, 0.2) is 30.3 Å². The molecule has 0 nitrogen and oxygen atoms in total. The monoisotopic (exact) mass is 369 g/mol. The summed E-state index contributed by atoms with van der Waals surface area (Å²) in [5.41, 5.74) is 1.26. The first-order chi connectivity index (χ1) is 9.34. The van der Waals surface area contributed by atoms with Gasteiger partial charge in [-0.05, 0) is 0 Å². The molecule has 0 saturated heterocycles. The van der Waals surface area contributed by atoms with Gasteiger partial charge in [-0.2, -0.15) is 0 Å². The van der Waals surface area contributed by atoms with Gasteiger partial charge in [-0.1, -0.05) is 13.3 Å². The van der Waals surface area contributed by atoms with E-state index in [9.17, 15) is 0 Å². The van der Waals surface area contributed by atoms with Crippen LogP contribution in [0.2, 0.25) is 0 Å². The van der Waals surface area contributed by atoms with Crippen molar-refractivity contribution >= 4 is 32.0 Å². The molecule has 1 radical (unpaired) electrons. The Labute approximate surface area is 131 Å². The maximum absolute atomic E-state index is 3.23. The molecule has 0 bridgehead atoms. The third-order valence-electron chi connectivity index (χ3n) is 3.02. The van der Waals surface area contributed by atoms with Gasteiger partial charge in [0.05, 0.1) is 0 Å². The Hall–Kier alpha value is -0.690. The molecule has 1 heteroatoms. The minimum absolute atomic E-state index is 1.03. The van der Waals surface area contributed by atoms with Crippen LogP contribution in [-0.2, 0) is 0 Å². The quantitative estimate of drug-likeness (QED) is 0.384. The number of rotatable bonds is 7. The summed E-state index contributed by atoms with van der Waals surface area (Å²) in [6, 6.07) is 8.40. The summed E-state index contributed by atoms with van der Waals surface area (Å²) in [6.07, 6.45) is 13.1. The number of unbranched alkanes of at least 4 members (excludes halogenated alkanes) is 6. The Bertz CT molecular complexity index is 434. The van der Waals surface area contributed by atoms with Gasteiger partial charge in [0.1, 0.15) is 0 Å². The summed E-state index contributed by atoms with van der Waals surface area (Å²) in [4.78, 5) is 0. The van der Waals surface area contributed by atoms with Crippen LogP contribution in [-0.4, -0.2) is 22.3 Å². The van der Waals surface area contributed by atoms with Crippen LogP contribution in [0.5, 0.6) is 0 Å². The van der Waals surface area contributed by atoms with Crippen LogP contribution in [0, 0.1) is 11.8 Å². The summed E-state index contributed by atoms with van der Waals surface area (Å²) >= 11 is 2.05. The molecule has 0 unspecified atom stereocenters. The molecule has 1 aromatic carbocycles. The predicted octanol–water partition coefficient (Wildman–Crippen LogP) is 4.25. The number of hydrogen-bond donors (Lipinski definition) is 0. The van der Waals surface area contributed by atoms with Crippen molar-refractivity contribution in [2.45, 2.75) is 51.9 Å². The zero-order valence-corrected chi connectivity index (χ0v) is 14.2. The van der Waals surface area contributed by atoms with Gasteiger partial charge in [-0.3, -0.25) is 0 Å². The zero-order chi connectivity index (χ0) is 13.8. The van der Waals surface area contributed by atoms with Crippen molar-refractivity contribution in [3.05, 3.63) is 35.9 Å². The van der Waals surface area contributed by atoms with Gasteiger partial charge in [-0.25, -0.2) is 0 Å². The van der Waals surface area contributed by atoms with Gasteiger partial charge >= 0.3 is 118 Å². The molecule has 1 rings (SSSR count). The van der Waals surface area contributed by atoms with Gasteiger partial charge < -0.3 is 0 Å². The van der Waals surface area contributed by atoms with Crippen molar-refractivity contribution in [3.63, 3.8) is 0 Å². The van der Waals surface area contributed by atoms with E-state index in [1.54, 1.807) is 0 Å². The van der Waals surface area contributed by atoms with Crippen LogP contribution in [0.25, 0.3) is 6.08 Å². The van der Waals surface area contributed by atoms with Gasteiger partial charge in [0.15, 0.2) is 0 Å². The fourth-order valence-corrected chi connectivity index (χ4v) is 2.49. The number of benzene rings is 1. The van der Waals surface area contributed by atoms with Crippen molar-refractivity contribution in [1.82, 2.24) is 0 Å². The van der Waals surface area contributed by atoms with Crippen LogP contribution in [0.1, 0.15) is 57.4 Å². The van der Waals surface area contributed by atoms with Crippen molar-refractivity contribution in [3.8, 4) is 11.8 Å². The van der Waals surface area contributed by atoms with E-state index in [4.69, 9.17) is 0 Å². The molecule has 0 atom stereocenters. The first-order valence-electron chi connectivity index (χ1n) is 7.25. The number of allylic oxidation sites excluding steroid dienone is 1. The molecular formula is C18H23Te. The van der Waals surface area contributed by atoms with Crippen LogP contribution in [0.3, 0.4) is 0 Å². The summed E-state index contributed by atoms with van der Waals surface area (Å²) < 4.78 is 1.31. The molecule has 0 amide bonds. The van der Waals surface area contributed by atoms with Gasteiger partial charge in [0.25, 0.3) is 0 Å². The fourth-order valence-electron chi connectivity index (χ4n) is 1.87. The molecule has 0 aliphatic rings. The molecule has 101 valence electrons. The second-order valence-electron chi connectivity index (χ2n) is 4.71. The summed E-state index contributed by atoms with van der Waals surface area (Å²) in [6.45, 7) is 2.26. The van der Waals surface area contributed by atoms with Gasteiger partial charge in [0, 0.05) is 0 Å². The molecule has 0 aliphatic heterocycles. The second-order valence-corrected chi connectivity index (χ2v) is 5.97. The Morgan fingerprint density at radius 1 is 1.05 bits per heavy atom. The third-order valence-corrected chi connectivity index (χ3v) is 4.08. The van der Waals surface area contributed by atoms with E-state index in [1.165, 1.54) is 47.7 Å². The van der Waals surface area contributed by atoms with Crippen molar-refractivity contribution in [1.29, 1.82) is 0 Å². The summed E-state index contributed by atoms with van der Waals surface area (Å²) in [5.74, 6) is 6.36. The van der Waals surface area contributed by atoms with Crippen LogP contribution >= 0.6 is 0 Å². The van der Waals surface area contributed by atoms with Crippen LogP contribution < -0.4 is 3.61 Å². The Kier molecular flexibility index (Phi) is 9.61. The van der Waals surface area contributed by atoms with E-state index in [-0.39, 0.29) is 0 Å². The van der Waals surface area contributed by atoms with Gasteiger partial charge in [0.2, 0.25) is 0 Å². The summed E-state index contributed by atoms with van der Waals surface area (Å²) in [7, 11) is 0. The molecule has 0 fully saturated rings. The Balaban J connectivity index is 2.16. The van der Waals surface area contributed by atoms with Crippen LogP contribution in [0.4, 0.5) is 0 Å². The fraction of sp³-hybridized carbons (Fsp3) is 0.444. The topological polar surface area (TPSA) is 0 Å². The second kappa shape index (κ2) is 11.2. The first kappa shape index (κ1) is 16.4. The van der Waals surface area contributed by atoms with Crippen molar-refractivity contribution in [2.75, 3.05) is 0 Å². The normalized spacial score (nSPS) is 10.4. The van der Waals surface area contributed by atoms with E-state index in [1.807, 2.05) is 6.08 Å². The molecule has 1 aromatic rings. The Morgan fingerprint density at radius 3 is 2.58 bits per heavy atom. The molecule has 19 heavy (non-hydrogen) atoms. The van der Waals surface area contributed by atoms with E-state index in [0.717, 1.165) is 6.42 Å². The number of hydrogen-bond acceptors (Lipinski definition) is 0. The standard InChI is InChI=1S/C18H23Te/c1-2-3-4-5-6-7-8-9-10-11-14-17-15-12-13-16-18(17)19/h11-16H,2-8H2,1H3/b14-11-. The van der Waals surface area contributed by atoms with E-state index in [2.05, 4.69) is 71.4 Å². The van der Waals surface area contributed by atoms with Crippen molar-refractivity contribution in [2.24, 2.45) is 0 Å². The average Bonchev–Trinajstić information content (AvgIpc) is 2.43. The molecule has 0 saturated carbocycles. The predicted molar refractivity (Wildman–Crippen MR) is 86.6 cm³/mol. The zero-order valence-electron chi connectivity index (χ0n) is 11.8. The van der Waals surface area contributed by atoms with E-state index >= 15 is 0 Å². The Morgan fingerprint density at radius 2 is 1.79 bits per heavy atom. The molecule has 0 heterocycles. The minimum atomic E-state index is 1.03. The third kappa shape index (κ3) is 8.15. The first-order valence-corrected chi connectivity index (χ1v) is 8.42.